The van der Waals surface area contributed by atoms with Crippen LogP contribution in [0, 0.1) is 5.41 Å². The summed E-state index contributed by atoms with van der Waals surface area (Å²) in [7, 11) is 0. The molecule has 0 aliphatic heterocycles. The van der Waals surface area contributed by atoms with Gasteiger partial charge in [-0.2, -0.15) is 0 Å². The normalized spacial score (nSPS) is 33.6. The van der Waals surface area contributed by atoms with Crippen molar-refractivity contribution < 1.29 is 9.90 Å². The van der Waals surface area contributed by atoms with Crippen molar-refractivity contribution in [3.8, 4) is 0 Å². The van der Waals surface area contributed by atoms with Crippen LogP contribution in [0.2, 0.25) is 0 Å². The van der Waals surface area contributed by atoms with E-state index in [1.54, 1.807) is 0 Å². The molecular weight excluding hydrogens is 164 g/mol. The third-order valence-electron chi connectivity index (χ3n) is 3.88. The third-order valence-corrected chi connectivity index (χ3v) is 3.88. The summed E-state index contributed by atoms with van der Waals surface area (Å²) in [5.74, 6) is 0.253. The summed E-state index contributed by atoms with van der Waals surface area (Å²) in [4.78, 5) is 11.1. The second kappa shape index (κ2) is 3.41. The van der Waals surface area contributed by atoms with Crippen molar-refractivity contribution >= 4 is 5.78 Å². The summed E-state index contributed by atoms with van der Waals surface area (Å²) < 4.78 is 0. The van der Waals surface area contributed by atoms with Crippen LogP contribution in [0.1, 0.15) is 51.4 Å². The van der Waals surface area contributed by atoms with Crippen LogP contribution >= 0.6 is 0 Å². The largest absolute Gasteiger partial charge is 0.392 e. The Morgan fingerprint density at radius 2 is 1.85 bits per heavy atom. The molecule has 0 radical (unpaired) electrons. The van der Waals surface area contributed by atoms with E-state index in [0.29, 0.717) is 12.8 Å². The van der Waals surface area contributed by atoms with Gasteiger partial charge in [0.25, 0.3) is 0 Å². The SMILES string of the molecule is O=C1CCC2(CCCCC2)C(O)C1. The Balaban J connectivity index is 2.07. The summed E-state index contributed by atoms with van der Waals surface area (Å²) in [6, 6.07) is 0. The third kappa shape index (κ3) is 1.64. The van der Waals surface area contributed by atoms with Gasteiger partial charge in [-0.15, -0.1) is 0 Å². The van der Waals surface area contributed by atoms with Gasteiger partial charge in [0.05, 0.1) is 6.10 Å². The molecule has 0 saturated heterocycles. The van der Waals surface area contributed by atoms with Gasteiger partial charge < -0.3 is 5.11 Å². The molecule has 0 amide bonds. The van der Waals surface area contributed by atoms with Crippen LogP contribution in [0.3, 0.4) is 0 Å². The minimum atomic E-state index is -0.339. The van der Waals surface area contributed by atoms with E-state index in [-0.39, 0.29) is 17.3 Å². The molecule has 2 aliphatic rings. The van der Waals surface area contributed by atoms with E-state index in [9.17, 15) is 9.90 Å². The molecule has 0 aromatic carbocycles. The number of ketones is 1. The fraction of sp³-hybridized carbons (Fsp3) is 0.909. The maximum absolute atomic E-state index is 11.1. The van der Waals surface area contributed by atoms with Crippen molar-refractivity contribution in [2.75, 3.05) is 0 Å². The van der Waals surface area contributed by atoms with Gasteiger partial charge in [0.1, 0.15) is 5.78 Å². The van der Waals surface area contributed by atoms with E-state index in [1.165, 1.54) is 19.3 Å². The molecule has 0 heterocycles. The number of hydrogen-bond donors (Lipinski definition) is 1. The van der Waals surface area contributed by atoms with Gasteiger partial charge in [-0.1, -0.05) is 19.3 Å². The molecule has 0 aromatic heterocycles. The second-order valence-electron chi connectivity index (χ2n) is 4.68. The van der Waals surface area contributed by atoms with Crippen molar-refractivity contribution in [2.45, 2.75) is 57.5 Å². The molecule has 2 rings (SSSR count). The Morgan fingerprint density at radius 1 is 1.15 bits per heavy atom. The molecule has 74 valence electrons. The molecule has 13 heavy (non-hydrogen) atoms. The summed E-state index contributed by atoms with van der Waals surface area (Å²) >= 11 is 0. The average molecular weight is 182 g/mol. The zero-order valence-corrected chi connectivity index (χ0v) is 8.09. The van der Waals surface area contributed by atoms with Crippen molar-refractivity contribution in [3.05, 3.63) is 0 Å². The van der Waals surface area contributed by atoms with Crippen LogP contribution in [0.4, 0.5) is 0 Å². The first-order chi connectivity index (χ1) is 6.23. The number of hydrogen-bond acceptors (Lipinski definition) is 2. The number of aliphatic hydroxyl groups is 1. The number of aliphatic hydroxyl groups excluding tert-OH is 1. The van der Waals surface area contributed by atoms with E-state index >= 15 is 0 Å². The number of rotatable bonds is 0. The standard InChI is InChI=1S/C11H18O2/c12-9-4-7-11(10(13)8-9)5-2-1-3-6-11/h10,13H,1-8H2. The predicted molar refractivity (Wildman–Crippen MR) is 50.4 cm³/mol. The quantitative estimate of drug-likeness (QED) is 0.622. The minimum absolute atomic E-state index is 0.131. The van der Waals surface area contributed by atoms with Gasteiger partial charge in [0.2, 0.25) is 0 Å². The van der Waals surface area contributed by atoms with E-state index in [1.807, 2.05) is 0 Å². The fourth-order valence-electron chi connectivity index (χ4n) is 2.93. The first-order valence-corrected chi connectivity index (χ1v) is 5.43. The van der Waals surface area contributed by atoms with E-state index in [2.05, 4.69) is 0 Å². The smallest absolute Gasteiger partial charge is 0.135 e. The molecule has 0 bridgehead atoms. The van der Waals surface area contributed by atoms with Crippen molar-refractivity contribution in [3.63, 3.8) is 0 Å². The molecule has 1 N–H and O–H groups in total. The summed E-state index contributed by atoms with van der Waals surface area (Å²) in [5, 5.41) is 9.93. The zero-order chi connectivity index (χ0) is 9.31. The molecule has 1 spiro atoms. The van der Waals surface area contributed by atoms with Gasteiger partial charge in [0, 0.05) is 12.8 Å². The predicted octanol–water partition coefficient (Wildman–Crippen LogP) is 2.05. The minimum Gasteiger partial charge on any atom is -0.392 e. The van der Waals surface area contributed by atoms with Crippen LogP contribution in [0.15, 0.2) is 0 Å². The lowest BCUT2D eigenvalue weighted by atomic mass is 9.63. The van der Waals surface area contributed by atoms with Crippen LogP contribution in [0.25, 0.3) is 0 Å². The Hall–Kier alpha value is -0.370. The number of Topliss-reactive ketones (excluding diaryl/α,β-unsaturated/α-hetero) is 1. The Bertz CT molecular complexity index is 204. The molecule has 1 atom stereocenters. The lowest BCUT2D eigenvalue weighted by molar-refractivity contribution is -0.130. The van der Waals surface area contributed by atoms with Gasteiger partial charge >= 0.3 is 0 Å². The fourth-order valence-corrected chi connectivity index (χ4v) is 2.93. The van der Waals surface area contributed by atoms with Crippen LogP contribution in [-0.4, -0.2) is 17.0 Å². The topological polar surface area (TPSA) is 37.3 Å². The molecule has 2 heteroatoms. The summed E-state index contributed by atoms with van der Waals surface area (Å²) in [6.07, 6.45) is 7.79. The highest BCUT2D eigenvalue weighted by Gasteiger charge is 2.42. The van der Waals surface area contributed by atoms with Crippen molar-refractivity contribution in [1.82, 2.24) is 0 Å². The lowest BCUT2D eigenvalue weighted by Crippen LogP contribution is -2.42. The molecule has 1 unspecified atom stereocenters. The highest BCUT2D eigenvalue weighted by Crippen LogP contribution is 2.46. The maximum Gasteiger partial charge on any atom is 0.135 e. The van der Waals surface area contributed by atoms with Gasteiger partial charge in [-0.25, -0.2) is 0 Å². The molecule has 2 saturated carbocycles. The summed E-state index contributed by atoms with van der Waals surface area (Å²) in [6.45, 7) is 0. The first kappa shape index (κ1) is 9.20. The molecule has 2 aliphatic carbocycles. The highest BCUT2D eigenvalue weighted by atomic mass is 16.3. The van der Waals surface area contributed by atoms with Crippen LogP contribution in [0.5, 0.6) is 0 Å². The monoisotopic (exact) mass is 182 g/mol. The second-order valence-corrected chi connectivity index (χ2v) is 4.68. The van der Waals surface area contributed by atoms with Crippen molar-refractivity contribution in [2.24, 2.45) is 5.41 Å². The Kier molecular flexibility index (Phi) is 2.41. The highest BCUT2D eigenvalue weighted by molar-refractivity contribution is 5.80. The zero-order valence-electron chi connectivity index (χ0n) is 8.09. The van der Waals surface area contributed by atoms with Crippen molar-refractivity contribution in [1.29, 1.82) is 0 Å². The average Bonchev–Trinajstić information content (AvgIpc) is 2.14. The van der Waals surface area contributed by atoms with E-state index < -0.39 is 0 Å². The maximum atomic E-state index is 11.1. The number of carbonyl (C=O) groups excluding carboxylic acids is 1. The van der Waals surface area contributed by atoms with E-state index in [4.69, 9.17) is 0 Å². The molecular formula is C11H18O2. The molecule has 2 nitrogen and oxygen atoms in total. The van der Waals surface area contributed by atoms with Gasteiger partial charge in [0.15, 0.2) is 0 Å². The van der Waals surface area contributed by atoms with Gasteiger partial charge in [-0.05, 0) is 24.7 Å². The van der Waals surface area contributed by atoms with Crippen LogP contribution < -0.4 is 0 Å². The van der Waals surface area contributed by atoms with Crippen LogP contribution in [-0.2, 0) is 4.79 Å². The van der Waals surface area contributed by atoms with Gasteiger partial charge in [-0.3, -0.25) is 4.79 Å². The molecule has 0 aromatic rings. The molecule has 2 fully saturated rings. The summed E-state index contributed by atoms with van der Waals surface area (Å²) in [5.41, 5.74) is 0.131. The Morgan fingerprint density at radius 3 is 2.46 bits per heavy atom. The number of carbonyl (C=O) groups is 1. The van der Waals surface area contributed by atoms with E-state index in [0.717, 1.165) is 19.3 Å². The Labute approximate surface area is 79.3 Å². The lowest BCUT2D eigenvalue weighted by Gasteiger charge is -2.43. The first-order valence-electron chi connectivity index (χ1n) is 5.43.